The highest BCUT2D eigenvalue weighted by Crippen LogP contribution is 2.37. The highest BCUT2D eigenvalue weighted by atomic mass is 16.5. The van der Waals surface area contributed by atoms with Crippen LogP contribution in [0.25, 0.3) is 0 Å². The number of nitrogens with one attached hydrogen (secondary N) is 1. The van der Waals surface area contributed by atoms with Gasteiger partial charge in [0.05, 0.1) is 13.0 Å². The second-order valence-corrected chi connectivity index (χ2v) is 8.43. The fourth-order valence-corrected chi connectivity index (χ4v) is 4.14. The molecule has 2 aromatic heterocycles. The smallest absolute Gasteiger partial charge is 0.227 e. The van der Waals surface area contributed by atoms with Crippen molar-refractivity contribution < 1.29 is 24.2 Å². The van der Waals surface area contributed by atoms with E-state index in [9.17, 15) is 19.8 Å². The predicted molar refractivity (Wildman–Crippen MR) is 132 cm³/mol. The van der Waals surface area contributed by atoms with E-state index >= 15 is 0 Å². The lowest BCUT2D eigenvalue weighted by Crippen LogP contribution is -2.32. The number of aromatic hydroxyl groups is 2. The maximum atomic E-state index is 13.5. The van der Waals surface area contributed by atoms with Gasteiger partial charge in [-0.25, -0.2) is 4.98 Å². The molecular weight excluding hydrogens is 462 g/mol. The molecule has 4 rings (SSSR count). The van der Waals surface area contributed by atoms with Gasteiger partial charge >= 0.3 is 0 Å². The van der Waals surface area contributed by atoms with E-state index in [4.69, 9.17) is 9.15 Å². The molecule has 1 amide bonds. The summed E-state index contributed by atoms with van der Waals surface area (Å²) >= 11 is 0. The fourth-order valence-electron chi connectivity index (χ4n) is 4.14. The summed E-state index contributed by atoms with van der Waals surface area (Å²) < 4.78 is 12.8. The summed E-state index contributed by atoms with van der Waals surface area (Å²) in [5, 5.41) is 23.6. The number of hydrogen-bond donors (Lipinski definition) is 3. The average molecular weight is 490 g/mol. The van der Waals surface area contributed by atoms with E-state index in [1.165, 1.54) is 19.2 Å². The van der Waals surface area contributed by atoms with Gasteiger partial charge in [-0.1, -0.05) is 36.4 Å². The number of rotatable bonds is 8. The number of methoxy groups -OCH3 is 1. The summed E-state index contributed by atoms with van der Waals surface area (Å²) in [6, 6.07) is 14.6. The topological polar surface area (TPSA) is 127 Å². The standard InChI is InChI=1S/C27H27N3O6/c1-16-13-21(32)25(34)26(36-16)19(18-9-10-20(31)22(14-18)35-3)15-23(33)29-24(17-7-5-4-6-8-17)27-28-11-12-30(27)2/h4-14,19,24,31,34H,15H2,1-3H3,(H,29,33)/t19-,24+/m1/s1. The summed E-state index contributed by atoms with van der Waals surface area (Å²) in [5.74, 6) is -0.801. The molecule has 0 aliphatic rings. The SMILES string of the molecule is COc1cc([C@@H](CC(=O)N[C@@H](c2ccccc2)c2nccn2C)c2oc(C)cc(=O)c2O)ccc1O. The highest BCUT2D eigenvalue weighted by molar-refractivity contribution is 5.78. The summed E-state index contributed by atoms with van der Waals surface area (Å²) in [4.78, 5) is 30.2. The second kappa shape index (κ2) is 10.4. The Kier molecular flexibility index (Phi) is 7.10. The number of aromatic nitrogens is 2. The third-order valence-corrected chi connectivity index (χ3v) is 5.94. The Morgan fingerprint density at radius 3 is 2.56 bits per heavy atom. The van der Waals surface area contributed by atoms with Crippen molar-refractivity contribution in [2.45, 2.75) is 25.3 Å². The summed E-state index contributed by atoms with van der Waals surface area (Å²) in [7, 11) is 3.25. The minimum absolute atomic E-state index is 0.0452. The van der Waals surface area contributed by atoms with Crippen molar-refractivity contribution in [1.82, 2.24) is 14.9 Å². The Bertz CT molecular complexity index is 1430. The number of carbonyl (C=O) groups is 1. The van der Waals surface area contributed by atoms with Crippen LogP contribution in [0.4, 0.5) is 0 Å². The molecule has 4 aromatic rings. The molecule has 0 saturated heterocycles. The van der Waals surface area contributed by atoms with E-state index in [0.717, 1.165) is 5.56 Å². The average Bonchev–Trinajstić information content (AvgIpc) is 3.29. The molecule has 0 bridgehead atoms. The molecular formula is C27H27N3O6. The number of aryl methyl sites for hydroxylation is 2. The van der Waals surface area contributed by atoms with Crippen molar-refractivity contribution >= 4 is 5.91 Å². The molecule has 2 heterocycles. The molecule has 0 aliphatic heterocycles. The van der Waals surface area contributed by atoms with Gasteiger partial charge in [0.25, 0.3) is 0 Å². The first-order valence-corrected chi connectivity index (χ1v) is 11.3. The van der Waals surface area contributed by atoms with Crippen LogP contribution in [0.3, 0.4) is 0 Å². The second-order valence-electron chi connectivity index (χ2n) is 8.43. The molecule has 0 saturated carbocycles. The maximum Gasteiger partial charge on any atom is 0.227 e. The van der Waals surface area contributed by atoms with Gasteiger partial charge < -0.3 is 29.3 Å². The Balaban J connectivity index is 1.73. The van der Waals surface area contributed by atoms with Crippen LogP contribution >= 0.6 is 0 Å². The van der Waals surface area contributed by atoms with Crippen molar-refractivity contribution in [3.05, 3.63) is 106 Å². The van der Waals surface area contributed by atoms with E-state index in [1.54, 1.807) is 31.5 Å². The van der Waals surface area contributed by atoms with E-state index in [0.29, 0.717) is 17.1 Å². The minimum atomic E-state index is -0.843. The van der Waals surface area contributed by atoms with Crippen LogP contribution in [0.15, 0.2) is 76.2 Å². The quantitative estimate of drug-likeness (QED) is 0.346. The van der Waals surface area contributed by atoms with Crippen LogP contribution < -0.4 is 15.5 Å². The third kappa shape index (κ3) is 5.10. The van der Waals surface area contributed by atoms with E-state index < -0.39 is 23.1 Å². The first kappa shape index (κ1) is 24.6. The summed E-state index contributed by atoms with van der Waals surface area (Å²) in [5.41, 5.74) is 0.741. The number of imidazole rings is 1. The summed E-state index contributed by atoms with van der Waals surface area (Å²) in [6.45, 7) is 1.59. The number of benzene rings is 2. The minimum Gasteiger partial charge on any atom is -0.504 e. The van der Waals surface area contributed by atoms with Crippen LogP contribution in [-0.4, -0.2) is 32.8 Å². The molecule has 3 N–H and O–H groups in total. The molecule has 0 aliphatic carbocycles. The predicted octanol–water partition coefficient (Wildman–Crippen LogP) is 3.53. The molecule has 9 heteroatoms. The lowest BCUT2D eigenvalue weighted by atomic mass is 9.91. The molecule has 186 valence electrons. The van der Waals surface area contributed by atoms with Crippen LogP contribution in [0.1, 0.15) is 46.9 Å². The number of hydrogen-bond acceptors (Lipinski definition) is 7. The lowest BCUT2D eigenvalue weighted by Gasteiger charge is -2.22. The molecule has 0 unspecified atom stereocenters. The van der Waals surface area contributed by atoms with Gasteiger partial charge in [0.1, 0.15) is 17.6 Å². The lowest BCUT2D eigenvalue weighted by molar-refractivity contribution is -0.122. The molecule has 2 atom stereocenters. The van der Waals surface area contributed by atoms with Crippen molar-refractivity contribution in [1.29, 1.82) is 0 Å². The van der Waals surface area contributed by atoms with Gasteiger partial charge in [-0.15, -0.1) is 0 Å². The molecule has 36 heavy (non-hydrogen) atoms. The van der Waals surface area contributed by atoms with E-state index in [2.05, 4.69) is 10.3 Å². The van der Waals surface area contributed by atoms with Crippen LogP contribution in [0, 0.1) is 6.92 Å². The van der Waals surface area contributed by atoms with Gasteiger partial charge in [0, 0.05) is 31.9 Å². The van der Waals surface area contributed by atoms with E-state index in [1.807, 2.05) is 41.9 Å². The molecule has 0 spiro atoms. The molecule has 0 fully saturated rings. The Morgan fingerprint density at radius 2 is 1.89 bits per heavy atom. The van der Waals surface area contributed by atoms with Crippen LogP contribution in [0.2, 0.25) is 0 Å². The van der Waals surface area contributed by atoms with E-state index in [-0.39, 0.29) is 29.6 Å². The number of phenols is 1. The van der Waals surface area contributed by atoms with Gasteiger partial charge in [0.15, 0.2) is 17.3 Å². The molecule has 9 nitrogen and oxygen atoms in total. The van der Waals surface area contributed by atoms with Gasteiger partial charge in [-0.3, -0.25) is 9.59 Å². The van der Waals surface area contributed by atoms with Crippen molar-refractivity contribution in [3.8, 4) is 17.2 Å². The van der Waals surface area contributed by atoms with Crippen molar-refractivity contribution in [2.75, 3.05) is 7.11 Å². The third-order valence-electron chi connectivity index (χ3n) is 5.94. The number of ether oxygens (including phenoxy) is 1. The number of amides is 1. The molecule has 0 radical (unpaired) electrons. The molecule has 2 aromatic carbocycles. The fraction of sp³-hybridized carbons (Fsp3) is 0.222. The first-order chi connectivity index (χ1) is 17.3. The van der Waals surface area contributed by atoms with Gasteiger partial charge in [0.2, 0.25) is 17.1 Å². The first-order valence-electron chi connectivity index (χ1n) is 11.3. The van der Waals surface area contributed by atoms with Gasteiger partial charge in [-0.05, 0) is 30.2 Å². The monoisotopic (exact) mass is 489 g/mol. The van der Waals surface area contributed by atoms with Gasteiger partial charge in [-0.2, -0.15) is 0 Å². The number of carbonyl (C=O) groups excluding carboxylic acids is 1. The zero-order valence-electron chi connectivity index (χ0n) is 20.1. The Labute approximate surface area is 207 Å². The Hall–Kier alpha value is -4.53. The van der Waals surface area contributed by atoms with Crippen LogP contribution in [0.5, 0.6) is 17.2 Å². The van der Waals surface area contributed by atoms with Crippen molar-refractivity contribution in [3.63, 3.8) is 0 Å². The Morgan fingerprint density at radius 1 is 1.14 bits per heavy atom. The van der Waals surface area contributed by atoms with Crippen molar-refractivity contribution in [2.24, 2.45) is 7.05 Å². The zero-order chi connectivity index (χ0) is 25.8. The largest absolute Gasteiger partial charge is 0.504 e. The van der Waals surface area contributed by atoms with Crippen LogP contribution in [-0.2, 0) is 11.8 Å². The highest BCUT2D eigenvalue weighted by Gasteiger charge is 2.29. The maximum absolute atomic E-state index is 13.5. The number of nitrogens with zero attached hydrogens (tertiary/aromatic N) is 2. The summed E-state index contributed by atoms with van der Waals surface area (Å²) in [6.07, 6.45) is 3.28. The number of phenolic OH excluding ortho intramolecular Hbond substituents is 1. The normalized spacial score (nSPS) is 12.6. The zero-order valence-corrected chi connectivity index (χ0v) is 20.1.